The van der Waals surface area contributed by atoms with Crippen LogP contribution in [0.5, 0.6) is 0 Å². The van der Waals surface area contributed by atoms with Crippen LogP contribution in [0.15, 0.2) is 41.3 Å². The maximum absolute atomic E-state index is 13.9. The number of nitrogens with zero attached hydrogens (tertiary/aromatic N) is 4. The molecule has 0 unspecified atom stereocenters. The number of carbonyl (C=O) groups excluding carboxylic acids is 1. The lowest BCUT2D eigenvalue weighted by Gasteiger charge is -2.36. The van der Waals surface area contributed by atoms with Crippen molar-refractivity contribution in [3.8, 4) is 0 Å². The van der Waals surface area contributed by atoms with Crippen LogP contribution < -0.4 is 10.2 Å². The standard InChI is InChI=1S/C31H38F2N6O4S/c1-2-37-9-11-38(12-10-37)24-3-4-26(29(18-24)34-23-6-13-43-14-7-23)31(40)19-30-27-20-39(8-5-28(27)35-36-30)44(41,42)25-16-21(32)15-22(33)17-25/h3-4,15-18,23,34H,2,5-14,19-20H2,1H3,(H,35,36). The van der Waals surface area contributed by atoms with E-state index in [4.69, 9.17) is 4.74 Å². The van der Waals surface area contributed by atoms with Crippen molar-refractivity contribution >= 4 is 27.2 Å². The second kappa shape index (κ2) is 12.9. The van der Waals surface area contributed by atoms with E-state index in [2.05, 4.69) is 38.3 Å². The Bertz CT molecular complexity index is 1600. The fourth-order valence-electron chi connectivity index (χ4n) is 6.23. The van der Waals surface area contributed by atoms with Gasteiger partial charge in [0.15, 0.2) is 5.78 Å². The third-order valence-electron chi connectivity index (χ3n) is 8.86. The lowest BCUT2D eigenvalue weighted by atomic mass is 9.98. The molecule has 1 aromatic heterocycles. The zero-order valence-electron chi connectivity index (χ0n) is 24.8. The Hall–Kier alpha value is -3.39. The molecular weight excluding hydrogens is 590 g/mol. The van der Waals surface area contributed by atoms with Gasteiger partial charge in [0.2, 0.25) is 10.0 Å². The maximum Gasteiger partial charge on any atom is 0.243 e. The van der Waals surface area contributed by atoms with E-state index < -0.39 is 26.6 Å². The summed E-state index contributed by atoms with van der Waals surface area (Å²) in [5.41, 5.74) is 4.24. The first-order valence-corrected chi connectivity index (χ1v) is 16.7. The molecule has 3 aromatic rings. The largest absolute Gasteiger partial charge is 0.381 e. The van der Waals surface area contributed by atoms with Crippen molar-refractivity contribution in [2.24, 2.45) is 0 Å². The van der Waals surface area contributed by atoms with Crippen LogP contribution in [0.25, 0.3) is 0 Å². The molecule has 0 bridgehead atoms. The second-order valence-electron chi connectivity index (χ2n) is 11.6. The molecule has 13 heteroatoms. The summed E-state index contributed by atoms with van der Waals surface area (Å²) in [5.74, 6) is -2.06. The molecular formula is C31H38F2N6O4S. The minimum atomic E-state index is -4.17. The van der Waals surface area contributed by atoms with E-state index in [0.29, 0.717) is 42.5 Å². The highest BCUT2D eigenvalue weighted by Gasteiger charge is 2.32. The highest BCUT2D eigenvalue weighted by Crippen LogP contribution is 2.30. The number of anilines is 2. The Balaban J connectivity index is 1.23. The number of likely N-dealkylation sites (N-methyl/N-ethyl adjacent to an activating group) is 1. The summed E-state index contributed by atoms with van der Waals surface area (Å²) in [6, 6.07) is 8.39. The van der Waals surface area contributed by atoms with E-state index in [-0.39, 0.29) is 31.3 Å². The van der Waals surface area contributed by atoms with Gasteiger partial charge in [-0.1, -0.05) is 6.92 Å². The van der Waals surface area contributed by atoms with E-state index in [1.54, 1.807) is 0 Å². The Labute approximate surface area is 256 Å². The summed E-state index contributed by atoms with van der Waals surface area (Å²) < 4.78 is 60.9. The number of aromatic nitrogens is 2. The zero-order chi connectivity index (χ0) is 30.8. The van der Waals surface area contributed by atoms with Crippen LogP contribution in [0.2, 0.25) is 0 Å². The number of benzene rings is 2. The van der Waals surface area contributed by atoms with Crippen molar-refractivity contribution in [3.05, 3.63) is 70.5 Å². The number of hydrogen-bond acceptors (Lipinski definition) is 8. The van der Waals surface area contributed by atoms with Gasteiger partial charge in [-0.25, -0.2) is 17.2 Å². The minimum Gasteiger partial charge on any atom is -0.381 e. The van der Waals surface area contributed by atoms with Crippen molar-refractivity contribution in [3.63, 3.8) is 0 Å². The van der Waals surface area contributed by atoms with Crippen LogP contribution in [0.1, 0.15) is 47.1 Å². The number of carbonyl (C=O) groups is 1. The third kappa shape index (κ3) is 6.51. The molecule has 0 aliphatic carbocycles. The van der Waals surface area contributed by atoms with E-state index in [0.717, 1.165) is 74.8 Å². The molecule has 0 saturated carbocycles. The molecule has 0 radical (unpaired) electrons. The molecule has 236 valence electrons. The first-order chi connectivity index (χ1) is 21.2. The van der Waals surface area contributed by atoms with Gasteiger partial charge in [-0.15, -0.1) is 0 Å². The number of halogens is 2. The number of piperazine rings is 1. The summed E-state index contributed by atoms with van der Waals surface area (Å²) >= 11 is 0. The molecule has 6 rings (SSSR count). The first kappa shape index (κ1) is 30.6. The zero-order valence-corrected chi connectivity index (χ0v) is 25.6. The summed E-state index contributed by atoms with van der Waals surface area (Å²) in [6.07, 6.45) is 2.01. The van der Waals surface area contributed by atoms with Crippen LogP contribution in [0.3, 0.4) is 0 Å². The number of ether oxygens (including phenoxy) is 1. The first-order valence-electron chi connectivity index (χ1n) is 15.2. The molecule has 10 nitrogen and oxygen atoms in total. The lowest BCUT2D eigenvalue weighted by Crippen LogP contribution is -2.46. The van der Waals surface area contributed by atoms with Crippen LogP contribution in [-0.2, 0) is 34.1 Å². The van der Waals surface area contributed by atoms with E-state index in [1.807, 2.05) is 12.1 Å². The Kier molecular flexibility index (Phi) is 8.99. The van der Waals surface area contributed by atoms with Gasteiger partial charge < -0.3 is 19.9 Å². The van der Waals surface area contributed by atoms with Gasteiger partial charge in [0.25, 0.3) is 0 Å². The molecule has 2 fully saturated rings. The smallest absolute Gasteiger partial charge is 0.243 e. The van der Waals surface area contributed by atoms with Crippen LogP contribution in [0.4, 0.5) is 20.2 Å². The monoisotopic (exact) mass is 628 g/mol. The average molecular weight is 629 g/mol. The highest BCUT2D eigenvalue weighted by molar-refractivity contribution is 7.89. The van der Waals surface area contributed by atoms with Crippen LogP contribution >= 0.6 is 0 Å². The summed E-state index contributed by atoms with van der Waals surface area (Å²) in [7, 11) is -4.17. The fourth-order valence-corrected chi connectivity index (χ4v) is 7.68. The van der Waals surface area contributed by atoms with Gasteiger partial charge in [-0.2, -0.15) is 9.40 Å². The number of ketones is 1. The van der Waals surface area contributed by atoms with Gasteiger partial charge in [0.1, 0.15) is 11.6 Å². The normalized spacial score (nSPS) is 18.8. The minimum absolute atomic E-state index is 0.0225. The molecule has 0 amide bonds. The van der Waals surface area contributed by atoms with Crippen molar-refractivity contribution in [2.75, 3.05) is 62.7 Å². The van der Waals surface area contributed by atoms with Crippen LogP contribution in [0, 0.1) is 11.6 Å². The van der Waals surface area contributed by atoms with E-state index in [9.17, 15) is 22.0 Å². The molecule has 3 aliphatic rings. The van der Waals surface area contributed by atoms with Crippen molar-refractivity contribution in [1.82, 2.24) is 19.4 Å². The summed E-state index contributed by atoms with van der Waals surface area (Å²) in [5, 5.41) is 11.0. The number of fused-ring (bicyclic) bond motifs is 1. The van der Waals surface area contributed by atoms with Gasteiger partial charge in [-0.05, 0) is 49.7 Å². The molecule has 2 N–H and O–H groups in total. The van der Waals surface area contributed by atoms with Crippen molar-refractivity contribution < 1.29 is 26.7 Å². The van der Waals surface area contributed by atoms with Gasteiger partial charge in [-0.3, -0.25) is 9.89 Å². The second-order valence-corrected chi connectivity index (χ2v) is 13.5. The van der Waals surface area contributed by atoms with E-state index in [1.165, 1.54) is 4.31 Å². The van der Waals surface area contributed by atoms with Gasteiger partial charge in [0, 0.05) is 99.2 Å². The number of rotatable bonds is 9. The number of nitrogens with one attached hydrogen (secondary N) is 2. The quantitative estimate of drug-likeness (QED) is 0.346. The molecule has 4 heterocycles. The van der Waals surface area contributed by atoms with Crippen molar-refractivity contribution in [2.45, 2.75) is 50.1 Å². The summed E-state index contributed by atoms with van der Waals surface area (Å²) in [4.78, 5) is 18.2. The molecule has 0 spiro atoms. The van der Waals surface area contributed by atoms with Crippen LogP contribution in [-0.4, -0.2) is 92.1 Å². The number of aromatic amines is 1. The SMILES string of the molecule is CCN1CCN(c2ccc(C(=O)Cc3n[nH]c4c3CN(S(=O)(=O)c3cc(F)cc(F)c3)CC4)c(NC3CCOCC3)c2)CC1. The molecule has 3 aliphatic heterocycles. The molecule has 2 aromatic carbocycles. The Morgan fingerprint density at radius 2 is 1.77 bits per heavy atom. The van der Waals surface area contributed by atoms with E-state index >= 15 is 0 Å². The highest BCUT2D eigenvalue weighted by atomic mass is 32.2. The van der Waals surface area contributed by atoms with Crippen molar-refractivity contribution in [1.29, 1.82) is 0 Å². The lowest BCUT2D eigenvalue weighted by molar-refractivity contribution is 0.0904. The Morgan fingerprint density at radius 3 is 2.48 bits per heavy atom. The summed E-state index contributed by atoms with van der Waals surface area (Å²) in [6.45, 7) is 8.42. The number of Topliss-reactive ketones (excluding diaryl/α,β-unsaturated/α-hetero) is 1. The van der Waals surface area contributed by atoms with Gasteiger partial charge >= 0.3 is 0 Å². The third-order valence-corrected chi connectivity index (χ3v) is 10.7. The predicted molar refractivity (Wildman–Crippen MR) is 163 cm³/mol. The number of sulfonamides is 1. The maximum atomic E-state index is 13.9. The number of H-pyrrole nitrogens is 1. The van der Waals surface area contributed by atoms with Gasteiger partial charge in [0.05, 0.1) is 17.0 Å². The average Bonchev–Trinajstić information content (AvgIpc) is 3.43. The number of hydrogen-bond donors (Lipinski definition) is 2. The predicted octanol–water partition coefficient (Wildman–Crippen LogP) is 3.59. The Morgan fingerprint density at radius 1 is 1.05 bits per heavy atom. The topological polar surface area (TPSA) is 111 Å². The fraction of sp³-hybridized carbons (Fsp3) is 0.484. The molecule has 0 atom stereocenters. The molecule has 44 heavy (non-hydrogen) atoms. The molecule has 2 saturated heterocycles.